The van der Waals surface area contributed by atoms with Gasteiger partial charge in [-0.05, 0) is 18.1 Å². The van der Waals surface area contributed by atoms with E-state index in [4.69, 9.17) is 6.42 Å². The Hall–Kier alpha value is -3.06. The molecule has 2 aromatic carbocycles. The zero-order chi connectivity index (χ0) is 17.6. The third-order valence-corrected chi connectivity index (χ3v) is 4.08. The first-order valence-corrected chi connectivity index (χ1v) is 7.58. The van der Waals surface area contributed by atoms with Gasteiger partial charge >= 0.3 is 5.97 Å². The van der Waals surface area contributed by atoms with Crippen LogP contribution in [0.1, 0.15) is 24.5 Å². The SMILES string of the molecule is C#CC[C@H](NC(=O)C(C)(c1ccccc1)c1ccccc1)C(=O)O. The van der Waals surface area contributed by atoms with Crippen LogP contribution >= 0.6 is 0 Å². The molecule has 0 saturated heterocycles. The first-order chi connectivity index (χ1) is 11.5. The van der Waals surface area contributed by atoms with Gasteiger partial charge in [-0.15, -0.1) is 12.3 Å². The number of carboxylic acid groups (broad SMARTS) is 1. The van der Waals surface area contributed by atoms with E-state index in [1.54, 1.807) is 6.92 Å². The lowest BCUT2D eigenvalue weighted by Gasteiger charge is -2.30. The Labute approximate surface area is 141 Å². The Morgan fingerprint density at radius 1 is 1.08 bits per heavy atom. The summed E-state index contributed by atoms with van der Waals surface area (Å²) in [6, 6.07) is 17.4. The van der Waals surface area contributed by atoms with Crippen molar-refractivity contribution in [3.8, 4) is 12.3 Å². The maximum Gasteiger partial charge on any atom is 0.327 e. The molecule has 2 N–H and O–H groups in total. The lowest BCUT2D eigenvalue weighted by molar-refractivity contribution is -0.142. The van der Waals surface area contributed by atoms with Crippen LogP contribution in [0, 0.1) is 12.3 Å². The van der Waals surface area contributed by atoms with E-state index in [1.807, 2.05) is 60.7 Å². The van der Waals surface area contributed by atoms with Gasteiger partial charge in [-0.2, -0.15) is 0 Å². The second-order valence-electron chi connectivity index (χ2n) is 5.63. The molecule has 0 radical (unpaired) electrons. The third kappa shape index (κ3) is 3.47. The summed E-state index contributed by atoms with van der Waals surface area (Å²) < 4.78 is 0. The highest BCUT2D eigenvalue weighted by Gasteiger charge is 2.38. The van der Waals surface area contributed by atoms with Crippen molar-refractivity contribution in [1.29, 1.82) is 0 Å². The number of aliphatic carboxylic acids is 1. The minimum Gasteiger partial charge on any atom is -0.480 e. The maximum absolute atomic E-state index is 13.0. The first kappa shape index (κ1) is 17.3. The van der Waals surface area contributed by atoms with E-state index in [0.717, 1.165) is 11.1 Å². The van der Waals surface area contributed by atoms with Crippen LogP contribution in [0.4, 0.5) is 0 Å². The van der Waals surface area contributed by atoms with Crippen molar-refractivity contribution in [3.63, 3.8) is 0 Å². The number of hydrogen-bond donors (Lipinski definition) is 2. The molecule has 122 valence electrons. The summed E-state index contributed by atoms with van der Waals surface area (Å²) in [5, 5.41) is 11.8. The number of benzene rings is 2. The molecule has 0 aromatic heterocycles. The first-order valence-electron chi connectivity index (χ1n) is 7.58. The zero-order valence-corrected chi connectivity index (χ0v) is 13.4. The number of nitrogens with one attached hydrogen (secondary N) is 1. The standard InChI is InChI=1S/C20H19NO3/c1-3-10-17(18(22)23)21-19(24)20(2,15-11-6-4-7-12-15)16-13-8-5-9-14-16/h1,4-9,11-14,17H,10H2,2H3,(H,21,24)(H,22,23)/t17-/m0/s1. The van der Waals surface area contributed by atoms with Crippen LogP contribution in [0.15, 0.2) is 60.7 Å². The fourth-order valence-corrected chi connectivity index (χ4v) is 2.59. The lowest BCUT2D eigenvalue weighted by Crippen LogP contribution is -2.49. The molecule has 2 rings (SSSR count). The largest absolute Gasteiger partial charge is 0.480 e. The highest BCUT2D eigenvalue weighted by atomic mass is 16.4. The molecule has 0 bridgehead atoms. The van der Waals surface area contributed by atoms with Gasteiger partial charge in [-0.3, -0.25) is 4.79 Å². The van der Waals surface area contributed by atoms with Gasteiger partial charge < -0.3 is 10.4 Å². The van der Waals surface area contributed by atoms with Gasteiger partial charge in [-0.1, -0.05) is 60.7 Å². The molecule has 0 aliphatic heterocycles. The summed E-state index contributed by atoms with van der Waals surface area (Å²) in [4.78, 5) is 24.3. The van der Waals surface area contributed by atoms with Crippen LogP contribution in [0.3, 0.4) is 0 Å². The van der Waals surface area contributed by atoms with Crippen LogP contribution in [-0.4, -0.2) is 23.0 Å². The average molecular weight is 321 g/mol. The summed E-state index contributed by atoms with van der Waals surface area (Å²) in [5.74, 6) is 0.741. The molecule has 0 aliphatic rings. The van der Waals surface area contributed by atoms with Gasteiger partial charge in [0.2, 0.25) is 5.91 Å². The molecule has 24 heavy (non-hydrogen) atoms. The molecule has 0 aliphatic carbocycles. The van der Waals surface area contributed by atoms with Gasteiger partial charge in [0.25, 0.3) is 0 Å². The Balaban J connectivity index is 2.46. The van der Waals surface area contributed by atoms with Crippen LogP contribution in [0.5, 0.6) is 0 Å². The molecule has 0 spiro atoms. The van der Waals surface area contributed by atoms with Gasteiger partial charge in [0, 0.05) is 6.42 Å². The predicted octanol–water partition coefficient (Wildman–Crippen LogP) is 2.59. The van der Waals surface area contributed by atoms with Crippen molar-refractivity contribution >= 4 is 11.9 Å². The van der Waals surface area contributed by atoms with Crippen molar-refractivity contribution in [1.82, 2.24) is 5.32 Å². The molecular formula is C20H19NO3. The number of hydrogen-bond acceptors (Lipinski definition) is 2. The molecule has 1 atom stereocenters. The maximum atomic E-state index is 13.0. The fourth-order valence-electron chi connectivity index (χ4n) is 2.59. The van der Waals surface area contributed by atoms with Crippen molar-refractivity contribution < 1.29 is 14.7 Å². The van der Waals surface area contributed by atoms with E-state index < -0.39 is 23.3 Å². The van der Waals surface area contributed by atoms with E-state index in [0.29, 0.717) is 0 Å². The van der Waals surface area contributed by atoms with Crippen LogP contribution < -0.4 is 5.32 Å². The summed E-state index contributed by atoms with van der Waals surface area (Å²) in [6.45, 7) is 1.78. The molecule has 2 aromatic rings. The summed E-state index contributed by atoms with van der Waals surface area (Å²) in [7, 11) is 0. The fraction of sp³-hybridized carbons (Fsp3) is 0.200. The van der Waals surface area contributed by atoms with Gasteiger partial charge in [0.15, 0.2) is 0 Å². The monoisotopic (exact) mass is 321 g/mol. The highest BCUT2D eigenvalue weighted by Crippen LogP contribution is 2.32. The van der Waals surface area contributed by atoms with Crippen LogP contribution in [0.2, 0.25) is 0 Å². The van der Waals surface area contributed by atoms with Crippen molar-refractivity contribution in [2.75, 3.05) is 0 Å². The number of carboxylic acids is 1. The topological polar surface area (TPSA) is 66.4 Å². The molecule has 4 nitrogen and oxygen atoms in total. The smallest absolute Gasteiger partial charge is 0.327 e. The minimum absolute atomic E-state index is 0.0687. The number of amides is 1. The quantitative estimate of drug-likeness (QED) is 0.804. The predicted molar refractivity (Wildman–Crippen MR) is 92.4 cm³/mol. The summed E-state index contributed by atoms with van der Waals surface area (Å²) in [5.41, 5.74) is 0.530. The van der Waals surface area contributed by atoms with Crippen molar-refractivity contribution in [2.24, 2.45) is 0 Å². The normalized spacial score (nSPS) is 12.0. The van der Waals surface area contributed by atoms with Gasteiger partial charge in [0.1, 0.15) is 6.04 Å². The summed E-state index contributed by atoms with van der Waals surface area (Å²) >= 11 is 0. The van der Waals surface area contributed by atoms with Gasteiger partial charge in [0.05, 0.1) is 5.41 Å². The molecule has 0 unspecified atom stereocenters. The molecular weight excluding hydrogens is 302 g/mol. The molecule has 4 heteroatoms. The highest BCUT2D eigenvalue weighted by molar-refractivity contribution is 5.94. The molecule has 0 fully saturated rings. The van der Waals surface area contributed by atoms with E-state index in [1.165, 1.54) is 0 Å². The average Bonchev–Trinajstić information content (AvgIpc) is 2.62. The lowest BCUT2D eigenvalue weighted by atomic mass is 9.75. The Kier molecular flexibility index (Phi) is 5.39. The van der Waals surface area contributed by atoms with Crippen LogP contribution in [0.25, 0.3) is 0 Å². The Bertz CT molecular complexity index is 708. The molecule has 0 heterocycles. The summed E-state index contributed by atoms with van der Waals surface area (Å²) in [6.07, 6.45) is 5.14. The van der Waals surface area contributed by atoms with E-state index in [-0.39, 0.29) is 6.42 Å². The second kappa shape index (κ2) is 7.47. The van der Waals surface area contributed by atoms with Gasteiger partial charge in [-0.25, -0.2) is 4.79 Å². The second-order valence-corrected chi connectivity index (χ2v) is 5.63. The Morgan fingerprint density at radius 2 is 1.54 bits per heavy atom. The zero-order valence-electron chi connectivity index (χ0n) is 13.4. The number of terminal acetylenes is 1. The van der Waals surface area contributed by atoms with Crippen LogP contribution in [-0.2, 0) is 15.0 Å². The van der Waals surface area contributed by atoms with E-state index >= 15 is 0 Å². The third-order valence-electron chi connectivity index (χ3n) is 4.08. The van der Waals surface area contributed by atoms with E-state index in [9.17, 15) is 14.7 Å². The minimum atomic E-state index is -1.15. The van der Waals surface area contributed by atoms with Crippen molar-refractivity contribution in [2.45, 2.75) is 24.8 Å². The molecule has 0 saturated carbocycles. The number of rotatable bonds is 6. The Morgan fingerprint density at radius 3 is 1.92 bits per heavy atom. The van der Waals surface area contributed by atoms with Crippen molar-refractivity contribution in [3.05, 3.63) is 71.8 Å². The van der Waals surface area contributed by atoms with E-state index in [2.05, 4.69) is 11.2 Å². The molecule has 1 amide bonds. The number of carbonyl (C=O) groups is 2. The number of carbonyl (C=O) groups excluding carboxylic acids is 1.